The van der Waals surface area contributed by atoms with Gasteiger partial charge in [0.1, 0.15) is 11.6 Å². The molecule has 10 aromatic carbocycles. The maximum Gasteiger partial charge on any atom is 0.104 e. The van der Waals surface area contributed by atoms with Crippen LogP contribution in [-0.4, -0.2) is 29.1 Å². The quantitative estimate of drug-likeness (QED) is 0.128. The normalized spacial score (nSPS) is 11.3. The third-order valence-electron chi connectivity index (χ3n) is 17.0. The molecule has 8 heteroatoms. The maximum atomic E-state index is 12.2. The van der Waals surface area contributed by atoms with Crippen LogP contribution >= 0.6 is 0 Å². The zero-order valence-electron chi connectivity index (χ0n) is 48.4. The number of hydrogen-bond donors (Lipinski definition) is 0. The number of aromatic nitrogens is 6. The largest absolute Gasteiger partial charge is 0.308 e. The Morgan fingerprint density at radius 2 is 0.556 bits per heavy atom. The van der Waals surface area contributed by atoms with Crippen LogP contribution in [0.15, 0.2) is 303 Å². The second kappa shape index (κ2) is 22.3. The van der Waals surface area contributed by atoms with Crippen molar-refractivity contribution in [3.63, 3.8) is 0 Å². The summed E-state index contributed by atoms with van der Waals surface area (Å²) < 4.78 is 4.48. The van der Waals surface area contributed by atoms with E-state index in [1.165, 1.54) is 0 Å². The molecule has 0 saturated carbocycles. The minimum absolute atomic E-state index is 0.442. The molecule has 90 heavy (non-hydrogen) atoms. The molecule has 0 N–H and O–H groups in total. The summed E-state index contributed by atoms with van der Waals surface area (Å²) in [6, 6.07) is 109. The van der Waals surface area contributed by atoms with E-state index in [4.69, 9.17) is 19.9 Å². The monoisotopic (exact) mass is 1150 g/mol. The van der Waals surface area contributed by atoms with Crippen LogP contribution in [0, 0.1) is 22.7 Å². The molecule has 16 aromatic rings. The summed E-state index contributed by atoms with van der Waals surface area (Å²) >= 11 is 0. The number of nitrogens with zero attached hydrogens (tertiary/aromatic N) is 8. The van der Waals surface area contributed by atoms with E-state index in [2.05, 4.69) is 203 Å². The molecular formula is C82H50N8. The summed E-state index contributed by atoms with van der Waals surface area (Å²) in [5, 5.41) is 26.6. The Balaban J connectivity index is 0.953. The molecule has 0 amide bonds. The average Bonchev–Trinajstić information content (AvgIpc) is 1.63. The van der Waals surface area contributed by atoms with Gasteiger partial charge in [-0.05, 0) is 121 Å². The first-order chi connectivity index (χ1) is 44.5. The van der Waals surface area contributed by atoms with Gasteiger partial charge in [-0.25, -0.2) is 19.9 Å². The lowest BCUT2D eigenvalue weighted by atomic mass is 9.97. The van der Waals surface area contributed by atoms with Crippen LogP contribution in [0.2, 0.25) is 0 Å². The van der Waals surface area contributed by atoms with Crippen molar-refractivity contribution < 1.29 is 0 Å². The predicted molar refractivity (Wildman–Crippen MR) is 365 cm³/mol. The fourth-order valence-electron chi connectivity index (χ4n) is 12.7. The third-order valence-corrected chi connectivity index (χ3v) is 17.0. The Hall–Kier alpha value is -12.6. The summed E-state index contributed by atoms with van der Waals surface area (Å²) in [7, 11) is 0. The molecular weight excluding hydrogens is 1100 g/mol. The van der Waals surface area contributed by atoms with Gasteiger partial charge in [-0.15, -0.1) is 0 Å². The molecule has 6 heterocycles. The highest BCUT2D eigenvalue weighted by Gasteiger charge is 2.26. The number of nitriles is 2. The highest BCUT2D eigenvalue weighted by molar-refractivity contribution is 6.14. The molecule has 8 nitrogen and oxygen atoms in total. The van der Waals surface area contributed by atoms with Crippen molar-refractivity contribution in [3.05, 3.63) is 314 Å². The van der Waals surface area contributed by atoms with Crippen molar-refractivity contribution in [2.75, 3.05) is 0 Å². The summed E-state index contributed by atoms with van der Waals surface area (Å²) in [5.74, 6) is 0. The average molecular weight is 1150 g/mol. The third kappa shape index (κ3) is 9.42. The molecule has 418 valence electrons. The van der Waals surface area contributed by atoms with Crippen LogP contribution in [0.5, 0.6) is 0 Å². The second-order valence-corrected chi connectivity index (χ2v) is 22.4. The molecule has 0 atom stereocenters. The van der Waals surface area contributed by atoms with Gasteiger partial charge in [-0.1, -0.05) is 188 Å². The van der Waals surface area contributed by atoms with Crippen molar-refractivity contribution in [1.82, 2.24) is 29.1 Å². The summed E-state index contributed by atoms with van der Waals surface area (Å²) in [6.45, 7) is 0. The first kappa shape index (κ1) is 52.9. The smallest absolute Gasteiger partial charge is 0.104 e. The van der Waals surface area contributed by atoms with Crippen molar-refractivity contribution in [2.45, 2.75) is 0 Å². The van der Waals surface area contributed by atoms with Gasteiger partial charge in [0.05, 0.1) is 90.6 Å². The molecule has 0 aliphatic heterocycles. The Morgan fingerprint density at radius 1 is 0.244 bits per heavy atom. The van der Waals surface area contributed by atoms with Crippen LogP contribution in [0.4, 0.5) is 0 Å². The maximum absolute atomic E-state index is 12.2. The van der Waals surface area contributed by atoms with Crippen LogP contribution in [0.1, 0.15) is 11.1 Å². The summed E-state index contributed by atoms with van der Waals surface area (Å²) in [6.07, 6.45) is 0. The standard InChI is InChI=1S/C82H50N8/c83-51-53-18-13-27-58(46-53)63-40-45-81(89-77-41-36-59(73-32-14-28-69(85-73)54-19-5-1-6-20-54)47-64(77)65-48-60(37-42-78(65)89)74-33-15-29-70(86-74)55-21-7-2-8-22-55)68(52-84)82(63)90-79-43-38-61(75-34-16-30-71(87-75)56-23-9-3-10-24-56)49-66(79)67-50-62(39-44-80(67)90)76-35-17-31-72(88-76)57-25-11-4-12-26-57/h1-50H. The Kier molecular flexibility index (Phi) is 13.1. The first-order valence-electron chi connectivity index (χ1n) is 29.9. The van der Waals surface area contributed by atoms with Gasteiger partial charge in [0.2, 0.25) is 0 Å². The zero-order valence-corrected chi connectivity index (χ0v) is 48.4. The minimum atomic E-state index is 0.442. The van der Waals surface area contributed by atoms with Crippen molar-refractivity contribution in [2.24, 2.45) is 0 Å². The first-order valence-corrected chi connectivity index (χ1v) is 29.9. The highest BCUT2D eigenvalue weighted by Crippen LogP contribution is 2.45. The number of pyridine rings is 4. The van der Waals surface area contributed by atoms with Gasteiger partial charge in [0, 0.05) is 71.6 Å². The van der Waals surface area contributed by atoms with E-state index in [9.17, 15) is 10.5 Å². The van der Waals surface area contributed by atoms with E-state index in [0.29, 0.717) is 22.5 Å². The van der Waals surface area contributed by atoms with Gasteiger partial charge in [-0.3, -0.25) is 0 Å². The van der Waals surface area contributed by atoms with E-state index in [-0.39, 0.29) is 0 Å². The van der Waals surface area contributed by atoms with Gasteiger partial charge in [-0.2, -0.15) is 10.5 Å². The lowest BCUT2D eigenvalue weighted by Gasteiger charge is -2.20. The number of rotatable bonds is 11. The van der Waals surface area contributed by atoms with Crippen molar-refractivity contribution in [3.8, 4) is 125 Å². The lowest BCUT2D eigenvalue weighted by Crippen LogP contribution is -2.06. The van der Waals surface area contributed by atoms with Gasteiger partial charge in [0.25, 0.3) is 0 Å². The van der Waals surface area contributed by atoms with Crippen molar-refractivity contribution in [1.29, 1.82) is 10.5 Å². The van der Waals surface area contributed by atoms with Crippen LogP contribution in [0.3, 0.4) is 0 Å². The van der Waals surface area contributed by atoms with Crippen LogP contribution in [-0.2, 0) is 0 Å². The fraction of sp³-hybridized carbons (Fsp3) is 0. The van der Waals surface area contributed by atoms with E-state index >= 15 is 0 Å². The Morgan fingerprint density at radius 3 is 0.889 bits per heavy atom. The van der Waals surface area contributed by atoms with E-state index < -0.39 is 0 Å². The Labute approximate surface area is 519 Å². The van der Waals surface area contributed by atoms with E-state index in [1.54, 1.807) is 0 Å². The molecule has 0 aliphatic carbocycles. The molecule has 0 bridgehead atoms. The van der Waals surface area contributed by atoms with Crippen LogP contribution in [0.25, 0.3) is 156 Å². The molecule has 0 radical (unpaired) electrons. The second-order valence-electron chi connectivity index (χ2n) is 22.4. The molecule has 0 spiro atoms. The Bertz CT molecular complexity index is 5280. The van der Waals surface area contributed by atoms with Gasteiger partial charge < -0.3 is 9.13 Å². The molecule has 6 aromatic heterocycles. The van der Waals surface area contributed by atoms with Gasteiger partial charge in [0.15, 0.2) is 0 Å². The number of benzene rings is 10. The topological polar surface area (TPSA) is 109 Å². The van der Waals surface area contributed by atoms with E-state index in [0.717, 1.165) is 145 Å². The van der Waals surface area contributed by atoms with Gasteiger partial charge >= 0.3 is 0 Å². The molecule has 0 aliphatic rings. The number of fused-ring (bicyclic) bond motifs is 6. The molecule has 0 fully saturated rings. The van der Waals surface area contributed by atoms with Crippen molar-refractivity contribution >= 4 is 43.6 Å². The number of hydrogen-bond acceptors (Lipinski definition) is 6. The molecule has 16 rings (SSSR count). The zero-order chi connectivity index (χ0) is 60.1. The minimum Gasteiger partial charge on any atom is -0.308 e. The highest BCUT2D eigenvalue weighted by atomic mass is 15.0. The van der Waals surface area contributed by atoms with Crippen LogP contribution < -0.4 is 0 Å². The van der Waals surface area contributed by atoms with E-state index in [1.807, 2.05) is 121 Å². The lowest BCUT2D eigenvalue weighted by molar-refractivity contribution is 1.12. The molecule has 0 unspecified atom stereocenters. The summed E-state index contributed by atoms with van der Waals surface area (Å²) in [4.78, 5) is 20.9. The predicted octanol–water partition coefficient (Wildman–Crippen LogP) is 20.2. The molecule has 0 saturated heterocycles. The fourth-order valence-corrected chi connectivity index (χ4v) is 12.7. The SMILES string of the molecule is N#Cc1cccc(-c2ccc(-n3c4ccc(-c5cccc(-c6ccccc6)n5)cc4c4cc(-c5cccc(-c6ccccc6)n5)ccc43)c(C#N)c2-n2c3ccc(-c4cccc(-c5ccccc5)n4)cc3c3cc(-c4cccc(-c5ccccc5)n4)ccc32)c1. The summed E-state index contributed by atoms with van der Waals surface area (Å²) in [5.41, 5.74) is 22.3.